The molecule has 0 bridgehead atoms. The fourth-order valence-corrected chi connectivity index (χ4v) is 3.50. The molecule has 1 saturated carbocycles. The van der Waals surface area contributed by atoms with Gasteiger partial charge >= 0.3 is 0 Å². The van der Waals surface area contributed by atoms with Gasteiger partial charge in [0.2, 0.25) is 0 Å². The molecule has 0 unspecified atom stereocenters. The second-order valence-corrected chi connectivity index (χ2v) is 6.83. The quantitative estimate of drug-likeness (QED) is 0.451. The van der Waals surface area contributed by atoms with E-state index in [4.69, 9.17) is 4.74 Å². The molecule has 1 aliphatic heterocycles. The summed E-state index contributed by atoms with van der Waals surface area (Å²) in [5.74, 6) is 0.587. The SMILES string of the molecule is COc1ccc(C2CC(=O)C(=CNCCN3CCNCC3)C(=O)C2)cc1. The first kappa shape index (κ1) is 18.6. The number of rotatable bonds is 6. The molecular weight excluding hydrogens is 330 g/mol. The van der Waals surface area contributed by atoms with Gasteiger partial charge in [0.05, 0.1) is 12.7 Å². The Balaban J connectivity index is 1.52. The third kappa shape index (κ3) is 4.71. The molecule has 6 nitrogen and oxygen atoms in total. The maximum absolute atomic E-state index is 12.4. The van der Waals surface area contributed by atoms with E-state index in [1.54, 1.807) is 13.3 Å². The summed E-state index contributed by atoms with van der Waals surface area (Å²) in [5.41, 5.74) is 1.33. The van der Waals surface area contributed by atoms with Crippen molar-refractivity contribution in [2.75, 3.05) is 46.4 Å². The summed E-state index contributed by atoms with van der Waals surface area (Å²) < 4.78 is 5.16. The van der Waals surface area contributed by atoms with Crippen LogP contribution in [-0.4, -0.2) is 62.8 Å². The number of carbonyl (C=O) groups excluding carboxylic acids is 2. The summed E-state index contributed by atoms with van der Waals surface area (Å²) in [7, 11) is 1.62. The van der Waals surface area contributed by atoms with Crippen LogP contribution in [0.2, 0.25) is 0 Å². The zero-order valence-corrected chi connectivity index (χ0v) is 15.3. The second kappa shape index (κ2) is 8.96. The van der Waals surface area contributed by atoms with Gasteiger partial charge in [-0.3, -0.25) is 14.5 Å². The Hall–Kier alpha value is -2.18. The molecular formula is C20H27N3O3. The smallest absolute Gasteiger partial charge is 0.168 e. The lowest BCUT2D eigenvalue weighted by molar-refractivity contribution is -0.124. The lowest BCUT2D eigenvalue weighted by Crippen LogP contribution is -2.45. The van der Waals surface area contributed by atoms with Crippen LogP contribution < -0.4 is 15.4 Å². The van der Waals surface area contributed by atoms with Gasteiger partial charge in [0.15, 0.2) is 11.6 Å². The highest BCUT2D eigenvalue weighted by atomic mass is 16.5. The first-order valence-electron chi connectivity index (χ1n) is 9.24. The molecule has 0 amide bonds. The average molecular weight is 357 g/mol. The number of ether oxygens (including phenoxy) is 1. The van der Waals surface area contributed by atoms with Gasteiger partial charge in [-0.2, -0.15) is 0 Å². The number of hydrogen-bond donors (Lipinski definition) is 2. The van der Waals surface area contributed by atoms with Crippen LogP contribution in [0, 0.1) is 0 Å². The lowest BCUT2D eigenvalue weighted by Gasteiger charge is -2.27. The van der Waals surface area contributed by atoms with Crippen LogP contribution in [0.5, 0.6) is 5.75 Å². The van der Waals surface area contributed by atoms with Crippen molar-refractivity contribution in [1.82, 2.24) is 15.5 Å². The van der Waals surface area contributed by atoms with Crippen LogP contribution >= 0.6 is 0 Å². The van der Waals surface area contributed by atoms with E-state index in [0.29, 0.717) is 18.4 Å². The number of benzene rings is 1. The van der Waals surface area contributed by atoms with Crippen molar-refractivity contribution in [1.29, 1.82) is 0 Å². The van der Waals surface area contributed by atoms with Crippen LogP contribution in [0.25, 0.3) is 0 Å². The number of piperazine rings is 1. The topological polar surface area (TPSA) is 70.7 Å². The molecule has 26 heavy (non-hydrogen) atoms. The molecule has 1 saturated heterocycles. The third-order valence-electron chi connectivity index (χ3n) is 5.08. The van der Waals surface area contributed by atoms with E-state index in [-0.39, 0.29) is 17.5 Å². The minimum atomic E-state index is -0.0725. The van der Waals surface area contributed by atoms with Crippen LogP contribution in [-0.2, 0) is 9.59 Å². The number of ketones is 2. The van der Waals surface area contributed by atoms with E-state index in [0.717, 1.165) is 50.6 Å². The van der Waals surface area contributed by atoms with Crippen molar-refractivity contribution in [3.05, 3.63) is 41.6 Å². The van der Waals surface area contributed by atoms with Crippen molar-refractivity contribution >= 4 is 11.6 Å². The normalized spacial score (nSPS) is 21.6. The Kier molecular flexibility index (Phi) is 6.41. The second-order valence-electron chi connectivity index (χ2n) is 6.83. The lowest BCUT2D eigenvalue weighted by atomic mass is 9.80. The molecule has 0 radical (unpaired) electrons. The molecule has 2 fully saturated rings. The first-order chi connectivity index (χ1) is 12.7. The Bertz CT molecular complexity index is 643. The standard InChI is InChI=1S/C20H27N3O3/c1-26-17-4-2-15(3-5-17)16-12-19(24)18(20(25)13-16)14-22-8-11-23-9-6-21-7-10-23/h2-5,14,16,21-22H,6-13H2,1H3. The van der Waals surface area contributed by atoms with Crippen molar-refractivity contribution in [2.24, 2.45) is 0 Å². The molecule has 1 aromatic rings. The van der Waals surface area contributed by atoms with E-state index in [2.05, 4.69) is 15.5 Å². The number of carbonyl (C=O) groups is 2. The Morgan fingerprint density at radius 3 is 2.42 bits per heavy atom. The fraction of sp³-hybridized carbons (Fsp3) is 0.500. The minimum Gasteiger partial charge on any atom is -0.497 e. The Morgan fingerprint density at radius 2 is 1.81 bits per heavy atom. The highest BCUT2D eigenvalue weighted by molar-refractivity contribution is 6.22. The molecule has 0 atom stereocenters. The van der Waals surface area contributed by atoms with Gasteiger partial charge in [-0.05, 0) is 23.6 Å². The number of hydrogen-bond acceptors (Lipinski definition) is 6. The van der Waals surface area contributed by atoms with Gasteiger partial charge in [0, 0.05) is 58.3 Å². The highest BCUT2D eigenvalue weighted by Crippen LogP contribution is 2.32. The summed E-state index contributed by atoms with van der Waals surface area (Å²) in [4.78, 5) is 27.2. The van der Waals surface area contributed by atoms with E-state index >= 15 is 0 Å². The molecule has 2 aliphatic rings. The van der Waals surface area contributed by atoms with Crippen molar-refractivity contribution in [2.45, 2.75) is 18.8 Å². The van der Waals surface area contributed by atoms with Crippen LogP contribution in [0.15, 0.2) is 36.0 Å². The van der Waals surface area contributed by atoms with Crippen LogP contribution in [0.4, 0.5) is 0 Å². The highest BCUT2D eigenvalue weighted by Gasteiger charge is 2.31. The van der Waals surface area contributed by atoms with Gasteiger partial charge < -0.3 is 15.4 Å². The Morgan fingerprint density at radius 1 is 1.15 bits per heavy atom. The summed E-state index contributed by atoms with van der Waals surface area (Å²) in [6.07, 6.45) is 2.38. The number of methoxy groups -OCH3 is 1. The zero-order chi connectivity index (χ0) is 18.4. The summed E-state index contributed by atoms with van der Waals surface area (Å²) in [5, 5.41) is 6.47. The molecule has 140 valence electrons. The molecule has 2 N–H and O–H groups in total. The van der Waals surface area contributed by atoms with E-state index in [1.165, 1.54) is 0 Å². The molecule has 1 aromatic carbocycles. The first-order valence-corrected chi connectivity index (χ1v) is 9.24. The fourth-order valence-electron chi connectivity index (χ4n) is 3.50. The molecule has 1 heterocycles. The van der Waals surface area contributed by atoms with Crippen molar-refractivity contribution in [3.63, 3.8) is 0 Å². The van der Waals surface area contributed by atoms with Gasteiger partial charge in [-0.25, -0.2) is 0 Å². The Labute approximate surface area is 154 Å². The van der Waals surface area contributed by atoms with Gasteiger partial charge in [-0.1, -0.05) is 12.1 Å². The summed E-state index contributed by atoms with van der Waals surface area (Å²) in [6, 6.07) is 7.61. The van der Waals surface area contributed by atoms with Crippen LogP contribution in [0.1, 0.15) is 24.3 Å². The van der Waals surface area contributed by atoms with E-state index in [1.807, 2.05) is 24.3 Å². The predicted octanol–water partition coefficient (Wildman–Crippen LogP) is 1.09. The summed E-state index contributed by atoms with van der Waals surface area (Å²) >= 11 is 0. The monoisotopic (exact) mass is 357 g/mol. The summed E-state index contributed by atoms with van der Waals surface area (Å²) in [6.45, 7) is 5.78. The maximum atomic E-state index is 12.4. The predicted molar refractivity (Wildman–Crippen MR) is 100 cm³/mol. The molecule has 3 rings (SSSR count). The van der Waals surface area contributed by atoms with Gasteiger partial charge in [0.1, 0.15) is 5.75 Å². The minimum absolute atomic E-state index is 0.0427. The largest absolute Gasteiger partial charge is 0.497 e. The van der Waals surface area contributed by atoms with Crippen LogP contribution in [0.3, 0.4) is 0 Å². The van der Waals surface area contributed by atoms with E-state index < -0.39 is 0 Å². The van der Waals surface area contributed by atoms with E-state index in [9.17, 15) is 9.59 Å². The molecule has 1 aliphatic carbocycles. The number of nitrogens with one attached hydrogen (secondary N) is 2. The molecule has 0 spiro atoms. The van der Waals surface area contributed by atoms with Gasteiger partial charge in [0.25, 0.3) is 0 Å². The third-order valence-corrected chi connectivity index (χ3v) is 5.08. The number of allylic oxidation sites excluding steroid dienone is 1. The maximum Gasteiger partial charge on any atom is 0.168 e. The van der Waals surface area contributed by atoms with Crippen molar-refractivity contribution in [3.8, 4) is 5.75 Å². The number of Topliss-reactive ketones (excluding diaryl/α,β-unsaturated/α-hetero) is 2. The average Bonchev–Trinajstić information content (AvgIpc) is 2.67. The van der Waals surface area contributed by atoms with Crippen molar-refractivity contribution < 1.29 is 14.3 Å². The number of nitrogens with zero attached hydrogens (tertiary/aromatic N) is 1. The zero-order valence-electron chi connectivity index (χ0n) is 15.3. The molecule has 0 aromatic heterocycles. The molecule has 6 heteroatoms. The van der Waals surface area contributed by atoms with Gasteiger partial charge in [-0.15, -0.1) is 0 Å².